The lowest BCUT2D eigenvalue weighted by atomic mass is 10.1. The van der Waals surface area contributed by atoms with Crippen LogP contribution in [-0.4, -0.2) is 17.4 Å². The summed E-state index contributed by atoms with van der Waals surface area (Å²) in [5, 5.41) is 17.3. The number of carboxylic acids is 1. The summed E-state index contributed by atoms with van der Waals surface area (Å²) >= 11 is 2.74. The Morgan fingerprint density at radius 3 is 2.47 bits per heavy atom. The second-order valence-corrected chi connectivity index (χ2v) is 3.59. The summed E-state index contributed by atoms with van der Waals surface area (Å²) in [4.78, 5) is 10.6. The van der Waals surface area contributed by atoms with Gasteiger partial charge in [0.1, 0.15) is 11.8 Å². The number of benzene rings is 1. The number of nitriles is 1. The molecule has 8 heteroatoms. The highest BCUT2D eigenvalue weighted by molar-refractivity contribution is 9.10. The monoisotopic (exact) mass is 309 g/mol. The van der Waals surface area contributed by atoms with Crippen molar-refractivity contribution < 1.29 is 27.8 Å². The van der Waals surface area contributed by atoms with Crippen LogP contribution in [0.3, 0.4) is 0 Å². The first-order chi connectivity index (χ1) is 7.74. The molecule has 0 aromatic heterocycles. The van der Waals surface area contributed by atoms with E-state index in [-0.39, 0.29) is 10.0 Å². The Morgan fingerprint density at radius 2 is 2.06 bits per heavy atom. The molecule has 0 bridgehead atoms. The lowest BCUT2D eigenvalue weighted by Crippen LogP contribution is -2.18. The SMILES string of the molecule is N#Cc1cc(C(=O)O)cc(OC(F)(F)F)c1Br. The van der Waals surface area contributed by atoms with E-state index in [0.29, 0.717) is 6.07 Å². The van der Waals surface area contributed by atoms with Crippen molar-refractivity contribution in [3.63, 3.8) is 0 Å². The smallest absolute Gasteiger partial charge is 0.478 e. The zero-order valence-corrected chi connectivity index (χ0v) is 9.46. The Balaban J connectivity index is 3.34. The van der Waals surface area contributed by atoms with E-state index in [1.807, 2.05) is 0 Å². The predicted molar refractivity (Wildman–Crippen MR) is 52.5 cm³/mol. The molecule has 0 atom stereocenters. The number of nitrogens with zero attached hydrogens (tertiary/aromatic N) is 1. The number of ether oxygens (including phenoxy) is 1. The highest BCUT2D eigenvalue weighted by Gasteiger charge is 2.32. The van der Waals surface area contributed by atoms with Crippen molar-refractivity contribution in [1.82, 2.24) is 0 Å². The Hall–Kier alpha value is -1.75. The van der Waals surface area contributed by atoms with Gasteiger partial charge in [0.2, 0.25) is 0 Å². The molecule has 0 amide bonds. The van der Waals surface area contributed by atoms with Gasteiger partial charge in [0.15, 0.2) is 0 Å². The summed E-state index contributed by atoms with van der Waals surface area (Å²) in [7, 11) is 0. The summed E-state index contributed by atoms with van der Waals surface area (Å²) in [6.45, 7) is 0. The zero-order chi connectivity index (χ0) is 13.2. The van der Waals surface area contributed by atoms with Gasteiger partial charge < -0.3 is 9.84 Å². The van der Waals surface area contributed by atoms with Crippen LogP contribution in [0.2, 0.25) is 0 Å². The van der Waals surface area contributed by atoms with Crippen molar-refractivity contribution in [1.29, 1.82) is 5.26 Å². The van der Waals surface area contributed by atoms with Gasteiger partial charge in [-0.1, -0.05) is 0 Å². The number of alkyl halides is 3. The van der Waals surface area contributed by atoms with Crippen molar-refractivity contribution in [2.75, 3.05) is 0 Å². The van der Waals surface area contributed by atoms with E-state index in [1.165, 1.54) is 0 Å². The summed E-state index contributed by atoms with van der Waals surface area (Å²) in [6, 6.07) is 3.18. The highest BCUT2D eigenvalue weighted by atomic mass is 79.9. The average Bonchev–Trinajstić information content (AvgIpc) is 2.18. The predicted octanol–water partition coefficient (Wildman–Crippen LogP) is 2.92. The summed E-state index contributed by atoms with van der Waals surface area (Å²) in [5.74, 6) is -2.23. The van der Waals surface area contributed by atoms with E-state index in [9.17, 15) is 18.0 Å². The molecular formula is C9H3BrF3NO3. The number of aromatic carboxylic acids is 1. The Labute approximate surface area is 101 Å². The van der Waals surface area contributed by atoms with Gasteiger partial charge in [0, 0.05) is 0 Å². The van der Waals surface area contributed by atoms with Gasteiger partial charge in [0.25, 0.3) is 0 Å². The number of rotatable bonds is 2. The average molecular weight is 310 g/mol. The number of carboxylic acid groups (broad SMARTS) is 1. The topological polar surface area (TPSA) is 70.3 Å². The molecule has 1 aromatic carbocycles. The van der Waals surface area contributed by atoms with Gasteiger partial charge in [0.05, 0.1) is 15.6 Å². The van der Waals surface area contributed by atoms with Crippen LogP contribution in [-0.2, 0) is 0 Å². The third-order valence-electron chi connectivity index (χ3n) is 1.63. The third-order valence-corrected chi connectivity index (χ3v) is 2.45. The molecule has 0 aliphatic rings. The fraction of sp³-hybridized carbons (Fsp3) is 0.111. The van der Waals surface area contributed by atoms with Crippen LogP contribution < -0.4 is 4.74 Å². The standard InChI is InChI=1S/C9H3BrF3NO3/c10-7-5(3-14)1-4(8(15)16)2-6(7)17-9(11,12)13/h1-2H,(H,15,16). The van der Waals surface area contributed by atoms with Crippen molar-refractivity contribution in [3.8, 4) is 11.8 Å². The molecule has 0 heterocycles. The molecule has 0 saturated carbocycles. The molecule has 90 valence electrons. The Bertz CT molecular complexity index is 507. The van der Waals surface area contributed by atoms with Crippen molar-refractivity contribution >= 4 is 21.9 Å². The fourth-order valence-corrected chi connectivity index (χ4v) is 1.40. The van der Waals surface area contributed by atoms with Crippen LogP contribution in [0, 0.1) is 11.3 Å². The maximum absolute atomic E-state index is 12.0. The fourth-order valence-electron chi connectivity index (χ4n) is 1.00. The molecule has 1 aromatic rings. The second-order valence-electron chi connectivity index (χ2n) is 2.80. The van der Waals surface area contributed by atoms with E-state index in [4.69, 9.17) is 10.4 Å². The van der Waals surface area contributed by atoms with Crippen molar-refractivity contribution in [3.05, 3.63) is 27.7 Å². The van der Waals surface area contributed by atoms with Gasteiger partial charge in [-0.15, -0.1) is 13.2 Å². The minimum atomic E-state index is -4.97. The summed E-state index contributed by atoms with van der Waals surface area (Å²) in [6.07, 6.45) is -4.97. The number of hydrogen-bond donors (Lipinski definition) is 1. The van der Waals surface area contributed by atoms with E-state index < -0.39 is 23.6 Å². The van der Waals surface area contributed by atoms with Crippen molar-refractivity contribution in [2.45, 2.75) is 6.36 Å². The molecule has 0 saturated heterocycles. The normalized spacial score (nSPS) is 10.8. The van der Waals surface area contributed by atoms with Crippen LogP contribution in [0.1, 0.15) is 15.9 Å². The third kappa shape index (κ3) is 3.35. The molecular weight excluding hydrogens is 307 g/mol. The van der Waals surface area contributed by atoms with Crippen LogP contribution in [0.15, 0.2) is 16.6 Å². The molecule has 17 heavy (non-hydrogen) atoms. The van der Waals surface area contributed by atoms with Crippen molar-refractivity contribution in [2.24, 2.45) is 0 Å². The molecule has 0 unspecified atom stereocenters. The van der Waals surface area contributed by atoms with E-state index in [0.717, 1.165) is 6.07 Å². The van der Waals surface area contributed by atoms with E-state index in [1.54, 1.807) is 6.07 Å². The Kier molecular flexibility index (Phi) is 3.63. The molecule has 0 aliphatic carbocycles. The first-order valence-corrected chi connectivity index (χ1v) is 4.76. The van der Waals surface area contributed by atoms with Gasteiger partial charge in [-0.05, 0) is 28.1 Å². The van der Waals surface area contributed by atoms with Gasteiger partial charge in [-0.25, -0.2) is 4.79 Å². The number of carbonyl (C=O) groups is 1. The van der Waals surface area contributed by atoms with Gasteiger partial charge >= 0.3 is 12.3 Å². The molecule has 0 radical (unpaired) electrons. The first-order valence-electron chi connectivity index (χ1n) is 3.97. The minimum absolute atomic E-state index is 0.248. The van der Waals surface area contributed by atoms with E-state index in [2.05, 4.69) is 20.7 Å². The molecule has 0 spiro atoms. The van der Waals surface area contributed by atoms with Crippen LogP contribution in [0.4, 0.5) is 13.2 Å². The molecule has 0 fully saturated rings. The molecule has 1 N–H and O–H groups in total. The lowest BCUT2D eigenvalue weighted by molar-refractivity contribution is -0.274. The quantitative estimate of drug-likeness (QED) is 0.912. The lowest BCUT2D eigenvalue weighted by Gasteiger charge is -2.11. The maximum atomic E-state index is 12.0. The van der Waals surface area contributed by atoms with Gasteiger partial charge in [-0.3, -0.25) is 0 Å². The van der Waals surface area contributed by atoms with Crippen LogP contribution >= 0.6 is 15.9 Å². The molecule has 1 rings (SSSR count). The maximum Gasteiger partial charge on any atom is 0.573 e. The minimum Gasteiger partial charge on any atom is -0.478 e. The second kappa shape index (κ2) is 4.63. The summed E-state index contributed by atoms with van der Waals surface area (Å²) < 4.78 is 39.4. The van der Waals surface area contributed by atoms with Gasteiger partial charge in [-0.2, -0.15) is 5.26 Å². The van der Waals surface area contributed by atoms with E-state index >= 15 is 0 Å². The van der Waals surface area contributed by atoms with Crippen LogP contribution in [0.25, 0.3) is 0 Å². The number of halogens is 4. The molecule has 4 nitrogen and oxygen atoms in total. The molecule has 0 aliphatic heterocycles. The Morgan fingerprint density at radius 1 is 1.47 bits per heavy atom. The van der Waals surface area contributed by atoms with Crippen LogP contribution in [0.5, 0.6) is 5.75 Å². The first kappa shape index (κ1) is 13.3. The zero-order valence-electron chi connectivity index (χ0n) is 7.88. The summed E-state index contributed by atoms with van der Waals surface area (Å²) in [5.41, 5.74) is -0.729. The largest absolute Gasteiger partial charge is 0.573 e. The number of hydrogen-bond acceptors (Lipinski definition) is 3. The highest BCUT2D eigenvalue weighted by Crippen LogP contribution is 2.34.